The normalized spacial score (nSPS) is 30.9. The predicted molar refractivity (Wildman–Crippen MR) is 80.5 cm³/mol. The number of rotatable bonds is 5. The highest BCUT2D eigenvalue weighted by molar-refractivity contribution is 5.84. The molecule has 0 aliphatic heterocycles. The molecule has 3 unspecified atom stereocenters. The third-order valence-corrected chi connectivity index (χ3v) is 4.53. The highest BCUT2D eigenvalue weighted by Crippen LogP contribution is 2.44. The molecular formula is C17H20O5. The molecule has 5 heteroatoms. The van der Waals surface area contributed by atoms with Gasteiger partial charge in [-0.15, -0.1) is 0 Å². The second kappa shape index (κ2) is 5.93. The number of aliphatic carboxylic acids is 2. The van der Waals surface area contributed by atoms with Gasteiger partial charge in [0.2, 0.25) is 0 Å². The van der Waals surface area contributed by atoms with Crippen molar-refractivity contribution >= 4 is 11.9 Å². The first-order valence-electron chi connectivity index (χ1n) is 7.11. The Kier molecular flexibility index (Phi) is 4.37. The summed E-state index contributed by atoms with van der Waals surface area (Å²) in [5, 5.41) is 19.3. The van der Waals surface area contributed by atoms with Crippen LogP contribution in [0.2, 0.25) is 0 Å². The van der Waals surface area contributed by atoms with Crippen LogP contribution >= 0.6 is 0 Å². The molecule has 0 bridgehead atoms. The minimum atomic E-state index is -1.53. The standard InChI is InChI=1S/C17H20O5/c1-12-8-9-16(14(18)19,10-13-6-4-3-5-7-13)11-17(12,22-2)15(20)21/h3-9,12H,10-11H2,1-2H3,(H,18,19)(H,20,21). The van der Waals surface area contributed by atoms with E-state index in [1.165, 1.54) is 7.11 Å². The van der Waals surface area contributed by atoms with Crippen molar-refractivity contribution in [3.63, 3.8) is 0 Å². The van der Waals surface area contributed by atoms with E-state index in [0.717, 1.165) is 5.56 Å². The topological polar surface area (TPSA) is 83.8 Å². The number of carbonyl (C=O) groups is 2. The Bertz CT molecular complexity index is 594. The molecular weight excluding hydrogens is 284 g/mol. The van der Waals surface area contributed by atoms with Crippen molar-refractivity contribution < 1.29 is 24.5 Å². The number of carboxylic acids is 2. The van der Waals surface area contributed by atoms with Crippen LogP contribution in [0.1, 0.15) is 18.9 Å². The average molecular weight is 304 g/mol. The Morgan fingerprint density at radius 3 is 2.36 bits per heavy atom. The number of methoxy groups -OCH3 is 1. The van der Waals surface area contributed by atoms with Gasteiger partial charge in [-0.3, -0.25) is 4.79 Å². The number of carboxylic acid groups (broad SMARTS) is 2. The van der Waals surface area contributed by atoms with Gasteiger partial charge < -0.3 is 14.9 Å². The lowest BCUT2D eigenvalue weighted by Gasteiger charge is -2.42. The monoisotopic (exact) mass is 304 g/mol. The minimum Gasteiger partial charge on any atom is -0.481 e. The lowest BCUT2D eigenvalue weighted by molar-refractivity contribution is -0.176. The molecule has 0 amide bonds. The summed E-state index contributed by atoms with van der Waals surface area (Å²) in [5.41, 5.74) is -1.97. The summed E-state index contributed by atoms with van der Waals surface area (Å²) in [7, 11) is 1.32. The van der Waals surface area contributed by atoms with Crippen LogP contribution in [0.5, 0.6) is 0 Å². The summed E-state index contributed by atoms with van der Waals surface area (Å²) in [6.07, 6.45) is 3.38. The van der Waals surface area contributed by atoms with Crippen molar-refractivity contribution in [1.82, 2.24) is 0 Å². The second-order valence-corrected chi connectivity index (χ2v) is 5.85. The van der Waals surface area contributed by atoms with Crippen LogP contribution in [0.25, 0.3) is 0 Å². The van der Waals surface area contributed by atoms with Gasteiger partial charge in [-0.25, -0.2) is 4.79 Å². The van der Waals surface area contributed by atoms with E-state index >= 15 is 0 Å². The van der Waals surface area contributed by atoms with Gasteiger partial charge in [0.15, 0.2) is 5.60 Å². The summed E-state index contributed by atoms with van der Waals surface area (Å²) in [6.45, 7) is 1.72. The van der Waals surface area contributed by atoms with Crippen molar-refractivity contribution in [1.29, 1.82) is 0 Å². The maximum Gasteiger partial charge on any atom is 0.336 e. The molecule has 0 heterocycles. The molecule has 2 rings (SSSR count). The third-order valence-electron chi connectivity index (χ3n) is 4.53. The van der Waals surface area contributed by atoms with Crippen LogP contribution in [0.15, 0.2) is 42.5 Å². The molecule has 3 atom stereocenters. The van der Waals surface area contributed by atoms with Gasteiger partial charge in [0.05, 0.1) is 5.41 Å². The highest BCUT2D eigenvalue weighted by atomic mass is 16.5. The summed E-state index contributed by atoms with van der Waals surface area (Å²) in [6, 6.07) is 9.20. The van der Waals surface area contributed by atoms with Crippen LogP contribution in [-0.2, 0) is 20.7 Å². The second-order valence-electron chi connectivity index (χ2n) is 5.85. The molecule has 1 aromatic rings. The van der Waals surface area contributed by atoms with Crippen molar-refractivity contribution in [2.24, 2.45) is 11.3 Å². The van der Waals surface area contributed by atoms with E-state index in [2.05, 4.69) is 0 Å². The summed E-state index contributed by atoms with van der Waals surface area (Å²) >= 11 is 0. The fourth-order valence-corrected chi connectivity index (χ4v) is 3.09. The van der Waals surface area contributed by atoms with Crippen molar-refractivity contribution in [2.45, 2.75) is 25.4 Å². The molecule has 0 saturated heterocycles. The van der Waals surface area contributed by atoms with Gasteiger partial charge in [0, 0.05) is 19.4 Å². The van der Waals surface area contributed by atoms with E-state index in [4.69, 9.17) is 4.74 Å². The Hall–Kier alpha value is -2.14. The van der Waals surface area contributed by atoms with Crippen molar-refractivity contribution in [3.05, 3.63) is 48.0 Å². The Morgan fingerprint density at radius 2 is 1.86 bits per heavy atom. The first-order chi connectivity index (χ1) is 10.4. The van der Waals surface area contributed by atoms with Gasteiger partial charge in [-0.05, 0) is 12.0 Å². The molecule has 2 N–H and O–H groups in total. The highest BCUT2D eigenvalue weighted by Gasteiger charge is 2.54. The SMILES string of the molecule is COC1(C(=O)O)CC(Cc2ccccc2)(C(=O)O)C=CC1C. The Balaban J connectivity index is 2.46. The molecule has 1 aromatic carbocycles. The van der Waals surface area contributed by atoms with Gasteiger partial charge >= 0.3 is 11.9 Å². The average Bonchev–Trinajstić information content (AvgIpc) is 2.50. The third kappa shape index (κ3) is 2.64. The molecule has 5 nitrogen and oxygen atoms in total. The number of hydrogen-bond acceptors (Lipinski definition) is 3. The minimum absolute atomic E-state index is 0.103. The van der Waals surface area contributed by atoms with E-state index in [-0.39, 0.29) is 12.8 Å². The van der Waals surface area contributed by atoms with Gasteiger partial charge in [-0.2, -0.15) is 0 Å². The number of hydrogen-bond donors (Lipinski definition) is 2. The van der Waals surface area contributed by atoms with Crippen LogP contribution < -0.4 is 0 Å². The lowest BCUT2D eigenvalue weighted by Crippen LogP contribution is -2.54. The smallest absolute Gasteiger partial charge is 0.336 e. The van der Waals surface area contributed by atoms with Crippen LogP contribution in [0.4, 0.5) is 0 Å². The predicted octanol–water partition coefficient (Wildman–Crippen LogP) is 2.37. The van der Waals surface area contributed by atoms with Crippen molar-refractivity contribution in [2.75, 3.05) is 7.11 Å². The zero-order valence-corrected chi connectivity index (χ0v) is 12.7. The first-order valence-corrected chi connectivity index (χ1v) is 7.11. The summed E-state index contributed by atoms with van der Waals surface area (Å²) in [4.78, 5) is 23.6. The van der Waals surface area contributed by atoms with E-state index < -0.39 is 28.9 Å². The van der Waals surface area contributed by atoms with Gasteiger partial charge in [0.25, 0.3) is 0 Å². The van der Waals surface area contributed by atoms with Crippen LogP contribution in [-0.4, -0.2) is 34.9 Å². The van der Waals surface area contributed by atoms with Crippen LogP contribution in [0.3, 0.4) is 0 Å². The first kappa shape index (κ1) is 16.2. The van der Waals surface area contributed by atoms with Crippen molar-refractivity contribution in [3.8, 4) is 0 Å². The zero-order valence-electron chi connectivity index (χ0n) is 12.7. The Labute approximate surface area is 129 Å². The zero-order chi connectivity index (χ0) is 16.4. The summed E-state index contributed by atoms with van der Waals surface area (Å²) in [5.74, 6) is -2.58. The molecule has 22 heavy (non-hydrogen) atoms. The Morgan fingerprint density at radius 1 is 1.23 bits per heavy atom. The number of benzene rings is 1. The molecule has 0 fully saturated rings. The quantitative estimate of drug-likeness (QED) is 0.816. The maximum atomic E-state index is 11.9. The van der Waals surface area contributed by atoms with E-state index in [1.807, 2.05) is 30.3 Å². The molecule has 0 aromatic heterocycles. The van der Waals surface area contributed by atoms with Crippen LogP contribution in [0, 0.1) is 11.3 Å². The molecule has 1 aliphatic carbocycles. The molecule has 0 saturated carbocycles. The molecule has 118 valence electrons. The molecule has 1 aliphatic rings. The fourth-order valence-electron chi connectivity index (χ4n) is 3.09. The maximum absolute atomic E-state index is 11.9. The van der Waals surface area contributed by atoms with E-state index in [0.29, 0.717) is 0 Å². The van der Waals surface area contributed by atoms with E-state index in [1.54, 1.807) is 19.1 Å². The summed E-state index contributed by atoms with van der Waals surface area (Å²) < 4.78 is 5.28. The molecule has 0 radical (unpaired) electrons. The molecule has 0 spiro atoms. The largest absolute Gasteiger partial charge is 0.481 e. The van der Waals surface area contributed by atoms with E-state index in [9.17, 15) is 19.8 Å². The van der Waals surface area contributed by atoms with Gasteiger partial charge in [0.1, 0.15) is 0 Å². The lowest BCUT2D eigenvalue weighted by atomic mass is 9.65. The number of ether oxygens (including phenoxy) is 1. The fraction of sp³-hybridized carbons (Fsp3) is 0.412. The van der Waals surface area contributed by atoms with Gasteiger partial charge in [-0.1, -0.05) is 49.4 Å².